The summed E-state index contributed by atoms with van der Waals surface area (Å²) in [7, 11) is 1.67. The molecule has 8 heteroatoms. The van der Waals surface area contributed by atoms with Gasteiger partial charge >= 0.3 is 0 Å². The number of benzene rings is 2. The minimum atomic E-state index is -0.708. The zero-order valence-electron chi connectivity index (χ0n) is 22.6. The van der Waals surface area contributed by atoms with Crippen LogP contribution in [0.4, 0.5) is 11.4 Å². The zero-order chi connectivity index (χ0) is 26.6. The van der Waals surface area contributed by atoms with Crippen molar-refractivity contribution < 1.29 is 24.5 Å². The van der Waals surface area contributed by atoms with Crippen LogP contribution in [0.15, 0.2) is 36.4 Å². The quantitative estimate of drug-likeness (QED) is 0.534. The summed E-state index contributed by atoms with van der Waals surface area (Å²) < 4.78 is 11.5. The van der Waals surface area contributed by atoms with E-state index in [4.69, 9.17) is 9.47 Å². The van der Waals surface area contributed by atoms with Gasteiger partial charge in [-0.05, 0) is 69.0 Å². The Hall–Kier alpha value is -2.81. The monoisotopic (exact) mass is 511 g/mol. The van der Waals surface area contributed by atoms with Crippen LogP contribution in [0, 0.1) is 0 Å². The summed E-state index contributed by atoms with van der Waals surface area (Å²) in [6.45, 7) is 10.7. The summed E-state index contributed by atoms with van der Waals surface area (Å²) in [5.41, 5.74) is 2.78. The molecule has 1 amide bonds. The van der Waals surface area contributed by atoms with E-state index in [0.717, 1.165) is 61.7 Å². The van der Waals surface area contributed by atoms with E-state index in [0.29, 0.717) is 30.8 Å². The first-order chi connectivity index (χ1) is 17.7. The molecule has 2 N–H and O–H groups in total. The molecule has 1 saturated heterocycles. The predicted octanol–water partition coefficient (Wildman–Crippen LogP) is 3.33. The van der Waals surface area contributed by atoms with Crippen molar-refractivity contribution in [3.63, 3.8) is 0 Å². The number of amides is 1. The summed E-state index contributed by atoms with van der Waals surface area (Å²) >= 11 is 0. The minimum Gasteiger partial charge on any atom is -0.495 e. The lowest BCUT2D eigenvalue weighted by Gasteiger charge is -2.31. The fourth-order valence-corrected chi connectivity index (χ4v) is 5.12. The van der Waals surface area contributed by atoms with E-state index < -0.39 is 11.7 Å². The molecular weight excluding hydrogens is 470 g/mol. The van der Waals surface area contributed by atoms with Gasteiger partial charge < -0.3 is 29.5 Å². The van der Waals surface area contributed by atoms with Crippen molar-refractivity contribution in [1.29, 1.82) is 0 Å². The van der Waals surface area contributed by atoms with Crippen molar-refractivity contribution in [2.24, 2.45) is 0 Å². The van der Waals surface area contributed by atoms with Crippen LogP contribution in [0.1, 0.15) is 49.5 Å². The van der Waals surface area contributed by atoms with Crippen LogP contribution in [0.5, 0.6) is 11.5 Å². The van der Waals surface area contributed by atoms with Crippen LogP contribution in [-0.4, -0.2) is 85.7 Å². The maximum atomic E-state index is 13.4. The summed E-state index contributed by atoms with van der Waals surface area (Å²) in [6.07, 6.45) is 1.87. The van der Waals surface area contributed by atoms with Crippen molar-refractivity contribution >= 4 is 17.3 Å². The molecule has 2 aromatic rings. The Morgan fingerprint density at radius 3 is 2.59 bits per heavy atom. The van der Waals surface area contributed by atoms with Gasteiger partial charge in [0.05, 0.1) is 24.5 Å². The number of β-amino-alcohol motifs (C(OH)–C–C–N with tert-alkyl or cyclic N) is 1. The van der Waals surface area contributed by atoms with E-state index in [1.54, 1.807) is 13.2 Å². The molecule has 37 heavy (non-hydrogen) atoms. The Balaban J connectivity index is 1.47. The van der Waals surface area contributed by atoms with Gasteiger partial charge in [-0.2, -0.15) is 0 Å². The summed E-state index contributed by atoms with van der Waals surface area (Å²) in [5, 5.41) is 20.0. The summed E-state index contributed by atoms with van der Waals surface area (Å²) in [5.74, 6) is 1.40. The van der Waals surface area contributed by atoms with Crippen molar-refractivity contribution in [1.82, 2.24) is 4.90 Å². The average molecular weight is 512 g/mol. The van der Waals surface area contributed by atoms with Gasteiger partial charge in [0.1, 0.15) is 18.1 Å². The van der Waals surface area contributed by atoms with Gasteiger partial charge in [0.2, 0.25) is 0 Å². The van der Waals surface area contributed by atoms with E-state index in [-0.39, 0.29) is 12.5 Å². The van der Waals surface area contributed by atoms with Crippen LogP contribution >= 0.6 is 0 Å². The van der Waals surface area contributed by atoms with Gasteiger partial charge in [-0.1, -0.05) is 6.92 Å². The third kappa shape index (κ3) is 6.74. The van der Waals surface area contributed by atoms with Gasteiger partial charge in [-0.25, -0.2) is 0 Å². The highest BCUT2D eigenvalue weighted by Gasteiger charge is 2.28. The lowest BCUT2D eigenvalue weighted by Crippen LogP contribution is -2.40. The Kier molecular flexibility index (Phi) is 8.62. The highest BCUT2D eigenvalue weighted by molar-refractivity contribution is 6.08. The van der Waals surface area contributed by atoms with E-state index in [2.05, 4.69) is 15.9 Å². The van der Waals surface area contributed by atoms with Crippen LogP contribution < -0.4 is 19.3 Å². The topological polar surface area (TPSA) is 85.7 Å². The normalized spacial score (nSPS) is 17.8. The number of ether oxygens (including phenoxy) is 2. The molecule has 4 rings (SSSR count). The van der Waals surface area contributed by atoms with Crippen molar-refractivity contribution in [2.75, 3.05) is 62.8 Å². The van der Waals surface area contributed by atoms with Crippen molar-refractivity contribution in [3.8, 4) is 11.5 Å². The molecule has 0 radical (unpaired) electrons. The summed E-state index contributed by atoms with van der Waals surface area (Å²) in [4.78, 5) is 19.8. The second kappa shape index (κ2) is 11.7. The van der Waals surface area contributed by atoms with E-state index in [1.807, 2.05) is 49.9 Å². The smallest absolute Gasteiger partial charge is 0.258 e. The van der Waals surface area contributed by atoms with Gasteiger partial charge in [-0.3, -0.25) is 9.69 Å². The maximum absolute atomic E-state index is 13.4. The lowest BCUT2D eigenvalue weighted by molar-refractivity contribution is 0.0385. The number of aliphatic hydroxyl groups is 2. The molecular formula is C29H41N3O5. The third-order valence-electron chi connectivity index (χ3n) is 7.09. The number of hydrogen-bond donors (Lipinski definition) is 2. The molecule has 2 heterocycles. The first-order valence-electron chi connectivity index (χ1n) is 13.3. The van der Waals surface area contributed by atoms with Crippen LogP contribution in [0.3, 0.4) is 0 Å². The number of hydrogen-bond acceptors (Lipinski definition) is 7. The van der Waals surface area contributed by atoms with E-state index in [9.17, 15) is 15.0 Å². The molecule has 2 aromatic carbocycles. The fraction of sp³-hybridized carbons (Fsp3) is 0.552. The largest absolute Gasteiger partial charge is 0.495 e. The molecule has 0 bridgehead atoms. The maximum Gasteiger partial charge on any atom is 0.258 e. The van der Waals surface area contributed by atoms with Crippen molar-refractivity contribution in [2.45, 2.75) is 51.7 Å². The Bertz CT molecular complexity index is 1080. The summed E-state index contributed by atoms with van der Waals surface area (Å²) in [6, 6.07) is 11.5. The third-order valence-corrected chi connectivity index (χ3v) is 7.09. The number of carbonyl (C=O) groups is 1. The van der Waals surface area contributed by atoms with Crippen LogP contribution in [0.2, 0.25) is 0 Å². The van der Waals surface area contributed by atoms with E-state index >= 15 is 0 Å². The molecule has 0 aromatic heterocycles. The highest BCUT2D eigenvalue weighted by atomic mass is 16.5. The van der Waals surface area contributed by atoms with Crippen LogP contribution in [0.25, 0.3) is 0 Å². The first kappa shape index (κ1) is 27.2. The molecule has 1 fully saturated rings. The highest BCUT2D eigenvalue weighted by Crippen LogP contribution is 2.35. The Morgan fingerprint density at radius 2 is 1.86 bits per heavy atom. The number of aliphatic hydroxyl groups excluding tert-OH is 1. The number of anilines is 2. The molecule has 1 atom stereocenters. The first-order valence-corrected chi connectivity index (χ1v) is 13.3. The molecule has 202 valence electrons. The fourth-order valence-electron chi connectivity index (χ4n) is 5.12. The van der Waals surface area contributed by atoms with Gasteiger partial charge in [0, 0.05) is 56.6 Å². The van der Waals surface area contributed by atoms with Gasteiger partial charge in [0.15, 0.2) is 0 Å². The molecule has 1 unspecified atom stereocenters. The van der Waals surface area contributed by atoms with Gasteiger partial charge in [-0.15, -0.1) is 0 Å². The van der Waals surface area contributed by atoms with Gasteiger partial charge in [0.25, 0.3) is 5.91 Å². The van der Waals surface area contributed by atoms with E-state index in [1.165, 1.54) is 0 Å². The molecule has 0 aliphatic carbocycles. The molecule has 2 aliphatic rings. The number of rotatable bonds is 9. The lowest BCUT2D eigenvalue weighted by atomic mass is 9.98. The number of methoxy groups -OCH3 is 1. The predicted molar refractivity (Wildman–Crippen MR) is 146 cm³/mol. The second-order valence-corrected chi connectivity index (χ2v) is 10.7. The zero-order valence-corrected chi connectivity index (χ0v) is 22.6. The minimum absolute atomic E-state index is 0.0340. The Morgan fingerprint density at radius 1 is 1.05 bits per heavy atom. The standard InChI is InChI=1S/C29H41N3O5/c1-5-23(33)19-37-24-8-9-25-21(17-24)11-14-32(28(25)34)22-7-10-26(27(18-22)36-4)31-13-6-12-30(15-16-31)20-29(2,3)35/h7-10,17-18,23,33,35H,5-6,11-16,19-20H2,1-4H3. The average Bonchev–Trinajstić information content (AvgIpc) is 3.11. The van der Waals surface area contributed by atoms with Crippen LogP contribution in [-0.2, 0) is 6.42 Å². The number of fused-ring (bicyclic) bond motifs is 1. The second-order valence-electron chi connectivity index (χ2n) is 10.7. The number of carbonyl (C=O) groups excluding carboxylic acids is 1. The van der Waals surface area contributed by atoms with Crippen molar-refractivity contribution in [3.05, 3.63) is 47.5 Å². The molecule has 0 saturated carbocycles. The Labute approximate surface area is 220 Å². The SMILES string of the molecule is CCC(O)COc1ccc2c(c1)CCN(c1ccc(N3CCCN(CC(C)(C)O)CC3)c(OC)c1)C2=O. The molecule has 2 aliphatic heterocycles. The molecule has 0 spiro atoms. The molecule has 8 nitrogen and oxygen atoms in total. The number of nitrogens with zero attached hydrogens (tertiary/aromatic N) is 3.